The van der Waals surface area contributed by atoms with Gasteiger partial charge in [-0.1, -0.05) is 6.08 Å². The maximum atomic E-state index is 13.2. The van der Waals surface area contributed by atoms with Gasteiger partial charge in [0.2, 0.25) is 5.91 Å². The highest BCUT2D eigenvalue weighted by Gasteiger charge is 2.33. The Labute approximate surface area is 216 Å². The molecule has 4 aromatic rings. The van der Waals surface area contributed by atoms with Crippen LogP contribution < -0.4 is 10.6 Å². The molecule has 1 aliphatic rings. The number of hydrogen-bond donors (Lipinski definition) is 3. The molecule has 0 aliphatic carbocycles. The van der Waals surface area contributed by atoms with Crippen molar-refractivity contribution in [3.8, 4) is 0 Å². The minimum Gasteiger partial charge on any atom is -0.355 e. The maximum Gasteiger partial charge on any atom is 0.229 e. The summed E-state index contributed by atoms with van der Waals surface area (Å²) in [5.41, 5.74) is 7.58. The minimum absolute atomic E-state index is 0.0161. The van der Waals surface area contributed by atoms with Crippen molar-refractivity contribution < 1.29 is 4.79 Å². The normalized spacial score (nSPS) is 14.9. The zero-order chi connectivity index (χ0) is 25.5. The van der Waals surface area contributed by atoms with Crippen molar-refractivity contribution in [2.45, 2.75) is 46.6 Å². The quantitative estimate of drug-likeness (QED) is 0.303. The van der Waals surface area contributed by atoms with Gasteiger partial charge in [0.05, 0.1) is 26.8 Å². The number of carbonyl (C=O) groups excluding carboxylic acids is 1. The van der Waals surface area contributed by atoms with Crippen molar-refractivity contribution in [1.29, 1.82) is 0 Å². The van der Waals surface area contributed by atoms with Crippen LogP contribution in [-0.4, -0.2) is 50.9 Å². The van der Waals surface area contributed by atoms with Crippen molar-refractivity contribution in [2.24, 2.45) is 5.41 Å². The molecule has 1 aliphatic heterocycles. The van der Waals surface area contributed by atoms with Crippen molar-refractivity contribution in [2.75, 3.05) is 25.0 Å². The molecule has 188 valence electrons. The Hall–Kier alpha value is -3.23. The van der Waals surface area contributed by atoms with Gasteiger partial charge in [0, 0.05) is 48.1 Å². The second kappa shape index (κ2) is 9.33. The minimum atomic E-state index is -0.452. The Morgan fingerprint density at radius 2 is 1.97 bits per heavy atom. The molecule has 0 saturated carbocycles. The Balaban J connectivity index is 1.31. The molecule has 5 rings (SSSR count). The Morgan fingerprint density at radius 3 is 2.72 bits per heavy atom. The summed E-state index contributed by atoms with van der Waals surface area (Å²) in [5.74, 6) is 0.192. The third kappa shape index (κ3) is 5.15. The predicted octanol–water partition coefficient (Wildman–Crippen LogP) is 5.95. The van der Waals surface area contributed by atoms with Gasteiger partial charge in [-0.15, -0.1) is 11.3 Å². The van der Waals surface area contributed by atoms with Crippen molar-refractivity contribution in [1.82, 2.24) is 25.2 Å². The number of thiazole rings is 1. The summed E-state index contributed by atoms with van der Waals surface area (Å²) >= 11 is 1.64. The van der Waals surface area contributed by atoms with Gasteiger partial charge >= 0.3 is 0 Å². The van der Waals surface area contributed by atoms with Gasteiger partial charge in [-0.3, -0.25) is 4.79 Å². The number of nitrogens with zero attached hydrogens (tertiary/aromatic N) is 3. The van der Waals surface area contributed by atoms with Crippen LogP contribution in [0.25, 0.3) is 26.8 Å². The van der Waals surface area contributed by atoms with Crippen LogP contribution >= 0.6 is 11.3 Å². The number of hydrogen-bond acceptors (Lipinski definition) is 6. The van der Waals surface area contributed by atoms with E-state index in [0.29, 0.717) is 19.6 Å². The molecule has 3 aromatic heterocycles. The smallest absolute Gasteiger partial charge is 0.229 e. The molecule has 0 fully saturated rings. The van der Waals surface area contributed by atoms with Gasteiger partial charge in [-0.25, -0.2) is 9.97 Å². The fourth-order valence-electron chi connectivity index (χ4n) is 4.49. The maximum absolute atomic E-state index is 13.2. The highest BCUT2D eigenvalue weighted by molar-refractivity contribution is 7.16. The van der Waals surface area contributed by atoms with Gasteiger partial charge in [-0.2, -0.15) is 0 Å². The number of H-pyrrole nitrogens is 1. The lowest BCUT2D eigenvalue weighted by molar-refractivity contribution is -0.139. The summed E-state index contributed by atoms with van der Waals surface area (Å²) in [7, 11) is 0. The molecule has 0 atom stereocenters. The lowest BCUT2D eigenvalue weighted by atomic mass is 9.89. The zero-order valence-electron chi connectivity index (χ0n) is 21.6. The monoisotopic (exact) mass is 502 g/mol. The number of fused-ring (bicyclic) bond motifs is 2. The van der Waals surface area contributed by atoms with E-state index >= 15 is 0 Å². The van der Waals surface area contributed by atoms with Crippen LogP contribution in [0.5, 0.6) is 0 Å². The molecular weight excluding hydrogens is 468 g/mol. The first kappa shape index (κ1) is 24.5. The molecule has 4 heterocycles. The second-order valence-corrected chi connectivity index (χ2v) is 12.1. The molecule has 0 unspecified atom stereocenters. The van der Waals surface area contributed by atoms with Crippen LogP contribution in [0.1, 0.15) is 46.7 Å². The molecule has 1 aromatic carbocycles. The zero-order valence-corrected chi connectivity index (χ0v) is 22.4. The largest absolute Gasteiger partial charge is 0.355 e. The number of carbonyl (C=O) groups is 1. The predicted molar refractivity (Wildman–Crippen MR) is 150 cm³/mol. The first-order valence-electron chi connectivity index (χ1n) is 12.4. The fourth-order valence-corrected chi connectivity index (χ4v) is 5.20. The average Bonchev–Trinajstić information content (AvgIpc) is 3.49. The van der Waals surface area contributed by atoms with Crippen LogP contribution in [0, 0.1) is 5.41 Å². The van der Waals surface area contributed by atoms with Gasteiger partial charge < -0.3 is 20.5 Å². The topological polar surface area (TPSA) is 85.9 Å². The summed E-state index contributed by atoms with van der Waals surface area (Å²) in [6.45, 7) is 12.4. The molecule has 1 amide bonds. The van der Waals surface area contributed by atoms with E-state index in [9.17, 15) is 4.79 Å². The van der Waals surface area contributed by atoms with E-state index in [1.54, 1.807) is 11.3 Å². The summed E-state index contributed by atoms with van der Waals surface area (Å²) in [6, 6.07) is 10.4. The van der Waals surface area contributed by atoms with E-state index in [2.05, 4.69) is 70.6 Å². The number of nitrogens with one attached hydrogen (secondary N) is 3. The van der Waals surface area contributed by atoms with E-state index < -0.39 is 5.41 Å². The highest BCUT2D eigenvalue weighted by atomic mass is 32.1. The van der Waals surface area contributed by atoms with E-state index in [-0.39, 0.29) is 11.4 Å². The SMILES string of the molecule is CC(C)(C)NCC(C)(C)C(=O)N1CC=C(c2cc3c(Nc4ccc5ncsc5c4)ccnc3[nH]2)CC1. The number of pyridine rings is 1. The third-order valence-electron chi connectivity index (χ3n) is 6.62. The number of benzene rings is 1. The van der Waals surface area contributed by atoms with Gasteiger partial charge in [0.25, 0.3) is 0 Å². The number of aromatic amines is 1. The number of amides is 1. The molecular formula is C28H34N6OS. The highest BCUT2D eigenvalue weighted by Crippen LogP contribution is 2.32. The van der Waals surface area contributed by atoms with Gasteiger partial charge in [0.15, 0.2) is 0 Å². The summed E-state index contributed by atoms with van der Waals surface area (Å²) < 4.78 is 1.16. The molecule has 8 heteroatoms. The standard InChI is InChI=1S/C28H34N6OS/c1-27(2,3)31-16-28(4,5)26(35)34-12-9-18(10-13-34)23-15-20-21(8-11-29-25(20)33-23)32-19-6-7-22-24(14-19)36-17-30-22/h6-9,11,14-15,17,31H,10,12-13,16H2,1-5H3,(H2,29,32,33). The number of aromatic nitrogens is 3. The van der Waals surface area contributed by atoms with Gasteiger partial charge in [0.1, 0.15) is 5.65 Å². The Morgan fingerprint density at radius 1 is 1.14 bits per heavy atom. The molecule has 3 N–H and O–H groups in total. The number of rotatable bonds is 6. The molecule has 0 bridgehead atoms. The van der Waals surface area contributed by atoms with Crippen LogP contribution in [0.2, 0.25) is 0 Å². The van der Waals surface area contributed by atoms with E-state index in [1.807, 2.05) is 42.6 Å². The van der Waals surface area contributed by atoms with E-state index in [1.165, 1.54) is 5.57 Å². The molecule has 36 heavy (non-hydrogen) atoms. The Kier molecular flexibility index (Phi) is 6.34. The van der Waals surface area contributed by atoms with Crippen LogP contribution in [0.3, 0.4) is 0 Å². The molecule has 0 spiro atoms. The third-order valence-corrected chi connectivity index (χ3v) is 7.42. The lowest BCUT2D eigenvalue weighted by Crippen LogP contribution is -2.50. The summed E-state index contributed by atoms with van der Waals surface area (Å²) in [4.78, 5) is 27.6. The summed E-state index contributed by atoms with van der Waals surface area (Å²) in [5, 5.41) is 8.07. The van der Waals surface area contributed by atoms with E-state index in [0.717, 1.165) is 44.7 Å². The van der Waals surface area contributed by atoms with Crippen LogP contribution in [0.4, 0.5) is 11.4 Å². The first-order chi connectivity index (χ1) is 17.1. The van der Waals surface area contributed by atoms with Crippen molar-refractivity contribution in [3.63, 3.8) is 0 Å². The van der Waals surface area contributed by atoms with Gasteiger partial charge in [-0.05, 0) is 76.9 Å². The lowest BCUT2D eigenvalue weighted by Gasteiger charge is -2.35. The average molecular weight is 503 g/mol. The van der Waals surface area contributed by atoms with Crippen molar-refractivity contribution in [3.05, 3.63) is 53.8 Å². The van der Waals surface area contributed by atoms with Crippen LogP contribution in [-0.2, 0) is 4.79 Å². The molecule has 0 radical (unpaired) electrons. The second-order valence-electron chi connectivity index (χ2n) is 11.2. The molecule has 0 saturated heterocycles. The Bertz CT molecular complexity index is 1440. The van der Waals surface area contributed by atoms with E-state index in [4.69, 9.17) is 0 Å². The van der Waals surface area contributed by atoms with Crippen molar-refractivity contribution >= 4 is 55.4 Å². The first-order valence-corrected chi connectivity index (χ1v) is 13.3. The summed E-state index contributed by atoms with van der Waals surface area (Å²) in [6.07, 6.45) is 4.80. The fraction of sp³-hybridized carbons (Fsp3) is 0.393. The number of anilines is 2. The molecule has 7 nitrogen and oxygen atoms in total. The van der Waals surface area contributed by atoms with Crippen LogP contribution in [0.15, 0.2) is 48.1 Å².